The van der Waals surface area contributed by atoms with E-state index in [0.717, 1.165) is 18.5 Å². The van der Waals surface area contributed by atoms with Gasteiger partial charge in [-0.2, -0.15) is 10.2 Å². The van der Waals surface area contributed by atoms with E-state index in [0.29, 0.717) is 39.8 Å². The van der Waals surface area contributed by atoms with E-state index in [1.165, 1.54) is 0 Å². The number of nitrogens with zero attached hydrogens (tertiary/aromatic N) is 5. The largest absolute Gasteiger partial charge is 0.336 e. The van der Waals surface area contributed by atoms with Crippen LogP contribution in [0.25, 0.3) is 22.4 Å². The fraction of sp³-hybridized carbons (Fsp3) is 0.263. The van der Waals surface area contributed by atoms with Gasteiger partial charge in [0.2, 0.25) is 10.0 Å². The molecule has 0 radical (unpaired) electrons. The van der Waals surface area contributed by atoms with Gasteiger partial charge in [-0.25, -0.2) is 18.4 Å². The highest BCUT2D eigenvalue weighted by Gasteiger charge is 2.13. The minimum atomic E-state index is -3.38. The maximum atomic E-state index is 11.5. The molecule has 0 fully saturated rings. The molecule has 11 heteroatoms. The lowest BCUT2D eigenvalue weighted by molar-refractivity contribution is 0.483. The summed E-state index contributed by atoms with van der Waals surface area (Å²) in [6, 6.07) is 6.92. The molecule has 30 heavy (non-hydrogen) atoms. The normalized spacial score (nSPS) is 11.9. The predicted octanol–water partition coefficient (Wildman–Crippen LogP) is 2.99. The molecule has 3 heterocycles. The maximum absolute atomic E-state index is 11.5. The molecule has 0 aliphatic heterocycles. The van der Waals surface area contributed by atoms with Gasteiger partial charge in [0, 0.05) is 24.0 Å². The highest BCUT2D eigenvalue weighted by Crippen LogP contribution is 2.27. The molecule has 0 saturated carbocycles. The molecule has 4 aromatic rings. The van der Waals surface area contributed by atoms with Gasteiger partial charge < -0.3 is 5.32 Å². The fourth-order valence-corrected chi connectivity index (χ4v) is 3.59. The van der Waals surface area contributed by atoms with Crippen molar-refractivity contribution in [3.63, 3.8) is 0 Å². The van der Waals surface area contributed by atoms with Gasteiger partial charge in [0.25, 0.3) is 0 Å². The number of aromatic amines is 1. The molecule has 0 amide bonds. The van der Waals surface area contributed by atoms with E-state index >= 15 is 0 Å². The molecule has 0 bridgehead atoms. The summed E-state index contributed by atoms with van der Waals surface area (Å²) in [6.07, 6.45) is 6.38. The molecular formula is C19H22N8O2S. The average molecular weight is 427 g/mol. The summed E-state index contributed by atoms with van der Waals surface area (Å²) < 4.78 is 27.4. The van der Waals surface area contributed by atoms with Gasteiger partial charge in [0.05, 0.1) is 24.3 Å². The smallest absolute Gasteiger partial charge is 0.229 e. The third-order valence-electron chi connectivity index (χ3n) is 4.17. The second-order valence-electron chi connectivity index (χ2n) is 7.45. The Morgan fingerprint density at radius 3 is 2.77 bits per heavy atom. The highest BCUT2D eigenvalue weighted by molar-refractivity contribution is 7.92. The van der Waals surface area contributed by atoms with Crippen LogP contribution >= 0.6 is 0 Å². The zero-order valence-corrected chi connectivity index (χ0v) is 17.6. The summed E-state index contributed by atoms with van der Waals surface area (Å²) in [5.41, 5.74) is 3.21. The van der Waals surface area contributed by atoms with Crippen molar-refractivity contribution >= 4 is 38.2 Å². The molecule has 156 valence electrons. The van der Waals surface area contributed by atoms with E-state index < -0.39 is 10.0 Å². The van der Waals surface area contributed by atoms with Crippen LogP contribution in [0.2, 0.25) is 0 Å². The van der Waals surface area contributed by atoms with Crippen molar-refractivity contribution in [2.45, 2.75) is 20.4 Å². The molecule has 10 nitrogen and oxygen atoms in total. The molecule has 1 aromatic carbocycles. The molecule has 0 atom stereocenters. The Morgan fingerprint density at radius 1 is 1.17 bits per heavy atom. The summed E-state index contributed by atoms with van der Waals surface area (Å²) in [4.78, 5) is 9.19. The quantitative estimate of drug-likeness (QED) is 0.414. The lowest BCUT2D eigenvalue weighted by Crippen LogP contribution is -2.09. The van der Waals surface area contributed by atoms with Crippen LogP contribution in [0.4, 0.5) is 17.2 Å². The number of aromatic nitrogens is 6. The van der Waals surface area contributed by atoms with Crippen molar-refractivity contribution in [1.82, 2.24) is 29.9 Å². The Kier molecular flexibility index (Phi) is 5.12. The maximum Gasteiger partial charge on any atom is 0.229 e. The number of sulfonamides is 1. The number of H-pyrrole nitrogens is 1. The first kappa shape index (κ1) is 19.8. The first-order valence-corrected chi connectivity index (χ1v) is 11.2. The molecule has 0 saturated heterocycles. The van der Waals surface area contributed by atoms with Gasteiger partial charge in [-0.1, -0.05) is 26.0 Å². The summed E-state index contributed by atoms with van der Waals surface area (Å²) in [7, 11) is -3.38. The van der Waals surface area contributed by atoms with Crippen molar-refractivity contribution in [1.29, 1.82) is 0 Å². The van der Waals surface area contributed by atoms with Crippen molar-refractivity contribution in [2.24, 2.45) is 5.92 Å². The number of hydrogen-bond donors (Lipinski definition) is 3. The first-order chi connectivity index (χ1) is 14.3. The number of hydrogen-bond acceptors (Lipinski definition) is 7. The van der Waals surface area contributed by atoms with E-state index in [2.05, 4.69) is 49.2 Å². The summed E-state index contributed by atoms with van der Waals surface area (Å²) in [5, 5.41) is 14.6. The van der Waals surface area contributed by atoms with E-state index in [-0.39, 0.29) is 0 Å². The molecule has 0 unspecified atom stereocenters. The predicted molar refractivity (Wildman–Crippen MR) is 116 cm³/mol. The number of anilines is 3. The molecule has 0 spiro atoms. The topological polar surface area (TPSA) is 130 Å². The number of fused-ring (bicyclic) bond motifs is 1. The number of nitrogens with one attached hydrogen (secondary N) is 3. The van der Waals surface area contributed by atoms with E-state index in [9.17, 15) is 8.42 Å². The minimum absolute atomic E-state index is 0.440. The molecule has 3 N–H and O–H groups in total. The van der Waals surface area contributed by atoms with Gasteiger partial charge in [-0.15, -0.1) is 0 Å². The Bertz CT molecular complexity index is 1290. The van der Waals surface area contributed by atoms with Crippen LogP contribution in [0.3, 0.4) is 0 Å². The van der Waals surface area contributed by atoms with Crippen LogP contribution in [0, 0.1) is 5.92 Å². The Hall–Kier alpha value is -3.47. The molecule has 4 rings (SSSR count). The monoisotopic (exact) mass is 426 g/mol. The zero-order chi connectivity index (χ0) is 21.3. The van der Waals surface area contributed by atoms with Crippen LogP contribution in [0.15, 0.2) is 42.9 Å². The summed E-state index contributed by atoms with van der Waals surface area (Å²) >= 11 is 0. The number of rotatable bonds is 7. The average Bonchev–Trinajstić information content (AvgIpc) is 3.29. The van der Waals surface area contributed by atoms with Crippen molar-refractivity contribution in [3.8, 4) is 11.4 Å². The first-order valence-electron chi connectivity index (χ1n) is 9.35. The Morgan fingerprint density at radius 2 is 2.00 bits per heavy atom. The van der Waals surface area contributed by atoms with Crippen LogP contribution in [0.5, 0.6) is 0 Å². The molecular weight excluding hydrogens is 404 g/mol. The fourth-order valence-electron chi connectivity index (χ4n) is 3.03. The van der Waals surface area contributed by atoms with Gasteiger partial charge in [-0.05, 0) is 18.1 Å². The third kappa shape index (κ3) is 4.57. The lowest BCUT2D eigenvalue weighted by atomic mass is 10.2. The summed E-state index contributed by atoms with van der Waals surface area (Å²) in [5.74, 6) is 1.48. The van der Waals surface area contributed by atoms with Crippen LogP contribution in [-0.2, 0) is 16.6 Å². The molecule has 0 aliphatic rings. The second kappa shape index (κ2) is 7.75. The molecule has 3 aromatic heterocycles. The number of benzene rings is 1. The van der Waals surface area contributed by atoms with Crippen LogP contribution in [0.1, 0.15) is 13.8 Å². The van der Waals surface area contributed by atoms with Gasteiger partial charge in [0.1, 0.15) is 11.0 Å². The standard InChI is InChI=1S/C19H22N8O2S/c1-12(2)10-27-11-15(8-21-27)22-19-17-16(9-20-25-17)23-18(24-19)13-5-4-6-14(7-13)26-30(3,28)29/h4-9,11-12,26H,10H2,1-3H3,(H,20,25)(H,22,23,24). The van der Waals surface area contributed by atoms with Crippen molar-refractivity contribution in [2.75, 3.05) is 16.3 Å². The van der Waals surface area contributed by atoms with Gasteiger partial charge >= 0.3 is 0 Å². The zero-order valence-electron chi connectivity index (χ0n) is 16.8. The van der Waals surface area contributed by atoms with E-state index in [1.807, 2.05) is 16.9 Å². The second-order valence-corrected chi connectivity index (χ2v) is 9.20. The Balaban J connectivity index is 1.70. The lowest BCUT2D eigenvalue weighted by Gasteiger charge is -2.09. The third-order valence-corrected chi connectivity index (χ3v) is 4.78. The van der Waals surface area contributed by atoms with Crippen LogP contribution < -0.4 is 10.0 Å². The highest BCUT2D eigenvalue weighted by atomic mass is 32.2. The Labute approximate surface area is 173 Å². The van der Waals surface area contributed by atoms with Gasteiger partial charge in [0.15, 0.2) is 11.6 Å². The summed E-state index contributed by atoms with van der Waals surface area (Å²) in [6.45, 7) is 5.08. The van der Waals surface area contributed by atoms with Crippen molar-refractivity contribution < 1.29 is 8.42 Å². The minimum Gasteiger partial charge on any atom is -0.336 e. The van der Waals surface area contributed by atoms with Crippen LogP contribution in [-0.4, -0.2) is 44.6 Å². The van der Waals surface area contributed by atoms with Gasteiger partial charge in [-0.3, -0.25) is 14.5 Å². The van der Waals surface area contributed by atoms with Crippen molar-refractivity contribution in [3.05, 3.63) is 42.9 Å². The SMILES string of the molecule is CC(C)Cn1cc(Nc2nc(-c3cccc(NS(C)(=O)=O)c3)nc3cn[nH]c23)cn1. The van der Waals surface area contributed by atoms with E-state index in [4.69, 9.17) is 0 Å². The van der Waals surface area contributed by atoms with E-state index in [1.54, 1.807) is 30.6 Å². The molecule has 0 aliphatic carbocycles.